The number of carbonyl (C=O) groups excluding carboxylic acids is 1. The van der Waals surface area contributed by atoms with Gasteiger partial charge in [0.15, 0.2) is 5.82 Å². The lowest BCUT2D eigenvalue weighted by Crippen LogP contribution is -2.38. The fourth-order valence-electron chi connectivity index (χ4n) is 4.98. The monoisotopic (exact) mass is 601 g/mol. The zero-order valence-corrected chi connectivity index (χ0v) is 24.1. The van der Waals surface area contributed by atoms with Crippen molar-refractivity contribution in [1.29, 1.82) is 0 Å². The topological polar surface area (TPSA) is 139 Å². The molecule has 3 N–H and O–H groups in total. The summed E-state index contributed by atoms with van der Waals surface area (Å²) in [4.78, 5) is 24.8. The molecule has 1 amide bonds. The van der Waals surface area contributed by atoms with E-state index in [1.165, 1.54) is 6.07 Å². The lowest BCUT2D eigenvalue weighted by atomic mass is 9.97. The zero-order chi connectivity index (χ0) is 30.3. The van der Waals surface area contributed by atoms with Crippen molar-refractivity contribution in [3.05, 3.63) is 106 Å². The highest BCUT2D eigenvalue weighted by atomic mass is 35.5. The van der Waals surface area contributed by atoms with Crippen LogP contribution in [0.1, 0.15) is 47.1 Å². The van der Waals surface area contributed by atoms with Crippen LogP contribution in [-0.2, 0) is 24.2 Å². The number of aromatic nitrogens is 6. The predicted molar refractivity (Wildman–Crippen MR) is 159 cm³/mol. The van der Waals surface area contributed by atoms with Crippen LogP contribution in [0.4, 0.5) is 4.39 Å². The third-order valence-corrected chi connectivity index (χ3v) is 7.33. The Morgan fingerprint density at radius 2 is 1.81 bits per heavy atom. The van der Waals surface area contributed by atoms with Gasteiger partial charge in [0.2, 0.25) is 0 Å². The Labute approximate surface area is 251 Å². The summed E-state index contributed by atoms with van der Waals surface area (Å²) in [5, 5.41) is 31.2. The van der Waals surface area contributed by atoms with Crippen molar-refractivity contribution >= 4 is 23.5 Å². The molecule has 0 bridgehead atoms. The minimum absolute atomic E-state index is 0.157. The summed E-state index contributed by atoms with van der Waals surface area (Å²) in [6, 6.07) is 20.3. The van der Waals surface area contributed by atoms with Crippen molar-refractivity contribution in [2.75, 3.05) is 0 Å². The molecule has 0 fully saturated rings. The third-order valence-electron chi connectivity index (χ3n) is 6.97. The summed E-state index contributed by atoms with van der Waals surface area (Å²) in [6.45, 7) is 2.26. The van der Waals surface area contributed by atoms with Crippen molar-refractivity contribution < 1.29 is 19.1 Å². The van der Waals surface area contributed by atoms with E-state index in [9.17, 15) is 14.7 Å². The molecule has 2 heterocycles. The summed E-state index contributed by atoms with van der Waals surface area (Å²) >= 11 is 6.27. The van der Waals surface area contributed by atoms with Crippen LogP contribution >= 0.6 is 11.6 Å². The number of benzene rings is 3. The average molecular weight is 602 g/mol. The Morgan fingerprint density at radius 1 is 1.05 bits per heavy atom. The number of carbonyl (C=O) groups is 2. The number of hydrogen-bond donors (Lipinski definition) is 3. The van der Waals surface area contributed by atoms with E-state index >= 15 is 4.39 Å². The van der Waals surface area contributed by atoms with Crippen LogP contribution in [0.15, 0.2) is 72.8 Å². The van der Waals surface area contributed by atoms with Gasteiger partial charge in [-0.15, -0.1) is 5.10 Å². The maximum Gasteiger partial charge on any atom is 0.305 e. The minimum Gasteiger partial charge on any atom is -0.481 e. The molecule has 220 valence electrons. The first kappa shape index (κ1) is 29.6. The van der Waals surface area contributed by atoms with E-state index in [0.29, 0.717) is 39.5 Å². The van der Waals surface area contributed by atoms with Crippen LogP contribution in [0.3, 0.4) is 0 Å². The normalized spacial score (nSPS) is 11.8. The predicted octanol–water partition coefficient (Wildman–Crippen LogP) is 5.34. The largest absolute Gasteiger partial charge is 0.481 e. The number of hydrogen-bond acceptors (Lipinski definition) is 6. The molecule has 0 radical (unpaired) electrons. The number of amides is 1. The highest BCUT2D eigenvalue weighted by Crippen LogP contribution is 2.32. The third kappa shape index (κ3) is 7.12. The molecule has 0 saturated heterocycles. The highest BCUT2D eigenvalue weighted by molar-refractivity contribution is 6.31. The number of halogens is 2. The molecule has 0 aliphatic rings. The molecule has 3 aromatic carbocycles. The molecule has 12 heteroatoms. The quantitative estimate of drug-likeness (QED) is 0.175. The number of nitrogens with zero attached hydrogens (tertiary/aromatic N) is 5. The molecule has 0 unspecified atom stereocenters. The number of tetrazole rings is 1. The van der Waals surface area contributed by atoms with Gasteiger partial charge in [0.1, 0.15) is 11.5 Å². The molecule has 1 atom stereocenters. The molecule has 5 rings (SSSR count). The first-order chi connectivity index (χ1) is 20.8. The second kappa shape index (κ2) is 13.4. The smallest absolute Gasteiger partial charge is 0.305 e. The second-order valence-corrected chi connectivity index (χ2v) is 10.5. The van der Waals surface area contributed by atoms with E-state index < -0.39 is 23.7 Å². The van der Waals surface area contributed by atoms with Gasteiger partial charge in [-0.05, 0) is 58.2 Å². The summed E-state index contributed by atoms with van der Waals surface area (Å²) in [6.07, 6.45) is 1.43. The number of H-pyrrole nitrogens is 1. The molecule has 43 heavy (non-hydrogen) atoms. The van der Waals surface area contributed by atoms with Gasteiger partial charge >= 0.3 is 5.97 Å². The second-order valence-electron chi connectivity index (χ2n) is 10.1. The van der Waals surface area contributed by atoms with Gasteiger partial charge in [0.25, 0.3) is 5.91 Å². The van der Waals surface area contributed by atoms with Crippen molar-refractivity contribution in [2.45, 2.75) is 45.2 Å². The van der Waals surface area contributed by atoms with Gasteiger partial charge < -0.3 is 10.4 Å². The molecule has 10 nitrogen and oxygen atoms in total. The van der Waals surface area contributed by atoms with E-state index in [4.69, 9.17) is 11.6 Å². The van der Waals surface area contributed by atoms with E-state index in [2.05, 4.69) is 31.0 Å². The van der Waals surface area contributed by atoms with Crippen molar-refractivity contribution in [3.8, 4) is 22.5 Å². The van der Waals surface area contributed by atoms with Gasteiger partial charge in [0, 0.05) is 27.9 Å². The molecule has 0 aliphatic carbocycles. The molecular weight excluding hydrogens is 573 g/mol. The van der Waals surface area contributed by atoms with Crippen LogP contribution in [0.25, 0.3) is 22.5 Å². The summed E-state index contributed by atoms with van der Waals surface area (Å²) < 4.78 is 17.2. The standard InChI is InChI=1S/C31H29ClFN7O3/c1-2-7-22-17-28(31(43)34-21(16-29(41)42)15-20-8-3-6-11-26(20)32)37-40(22)18-19-12-13-24(27(33)14-19)23-9-4-5-10-25(23)30-35-38-39-36-30/h3-6,8-14,17,21H,2,7,15-16,18H2,1H3,(H,34,43)(H,41,42)(H,35,36,38,39)/t21-/m1/s1. The fourth-order valence-corrected chi connectivity index (χ4v) is 5.19. The van der Waals surface area contributed by atoms with E-state index in [-0.39, 0.29) is 25.1 Å². The highest BCUT2D eigenvalue weighted by Gasteiger charge is 2.22. The number of nitrogens with one attached hydrogen (secondary N) is 2. The van der Waals surface area contributed by atoms with E-state index in [1.54, 1.807) is 41.1 Å². The zero-order valence-electron chi connectivity index (χ0n) is 23.3. The number of aliphatic carboxylic acids is 1. The number of aromatic amines is 1. The van der Waals surface area contributed by atoms with E-state index in [0.717, 1.165) is 17.7 Å². The van der Waals surface area contributed by atoms with E-state index in [1.807, 2.05) is 37.3 Å². The molecule has 0 aliphatic heterocycles. The van der Waals surface area contributed by atoms with Crippen LogP contribution < -0.4 is 5.32 Å². The maximum atomic E-state index is 15.5. The Bertz CT molecular complexity index is 1740. The lowest BCUT2D eigenvalue weighted by Gasteiger charge is -2.17. The van der Waals surface area contributed by atoms with Crippen molar-refractivity contribution in [1.82, 2.24) is 35.7 Å². The first-order valence-corrected chi connectivity index (χ1v) is 14.1. The minimum atomic E-state index is -1.04. The SMILES string of the molecule is CCCc1cc(C(=O)N[C@@H](CC(=O)O)Cc2ccccc2Cl)nn1Cc1ccc(-c2ccccc2-c2nnn[nH]2)c(F)c1. The van der Waals surface area contributed by atoms with Crippen LogP contribution in [0.2, 0.25) is 5.02 Å². The van der Waals surface area contributed by atoms with Gasteiger partial charge in [0.05, 0.1) is 13.0 Å². The lowest BCUT2D eigenvalue weighted by molar-refractivity contribution is -0.137. The first-order valence-electron chi connectivity index (χ1n) is 13.8. The van der Waals surface area contributed by atoms with Crippen molar-refractivity contribution in [3.63, 3.8) is 0 Å². The number of rotatable bonds is 12. The summed E-state index contributed by atoms with van der Waals surface area (Å²) in [5.41, 5.74) is 4.07. The van der Waals surface area contributed by atoms with Crippen LogP contribution in [0.5, 0.6) is 0 Å². The molecule has 2 aromatic heterocycles. The van der Waals surface area contributed by atoms with Crippen molar-refractivity contribution in [2.24, 2.45) is 0 Å². The Morgan fingerprint density at radius 3 is 2.51 bits per heavy atom. The maximum absolute atomic E-state index is 15.5. The summed E-state index contributed by atoms with van der Waals surface area (Å²) in [5.74, 6) is -1.52. The van der Waals surface area contributed by atoms with Gasteiger partial charge in [-0.1, -0.05) is 79.5 Å². The molecule has 5 aromatic rings. The molecule has 0 saturated carbocycles. The summed E-state index contributed by atoms with van der Waals surface area (Å²) in [7, 11) is 0. The fraction of sp³-hybridized carbons (Fsp3) is 0.226. The Hall–Kier alpha value is -4.90. The number of aryl methyl sites for hydroxylation is 1. The van der Waals surface area contributed by atoms with Gasteiger partial charge in [-0.25, -0.2) is 9.49 Å². The van der Waals surface area contributed by atoms with Crippen LogP contribution in [0, 0.1) is 5.82 Å². The number of carboxylic acids is 1. The Kier molecular flexibility index (Phi) is 9.21. The average Bonchev–Trinajstić information content (AvgIpc) is 3.65. The van der Waals surface area contributed by atoms with Crippen LogP contribution in [-0.4, -0.2) is 53.4 Å². The Balaban J connectivity index is 1.36. The number of carboxylic acid groups (broad SMARTS) is 1. The van der Waals surface area contributed by atoms with Gasteiger partial charge in [-0.2, -0.15) is 5.10 Å². The molecular formula is C31H29ClFN7O3. The van der Waals surface area contributed by atoms with Gasteiger partial charge in [-0.3, -0.25) is 14.3 Å². The molecule has 0 spiro atoms.